The van der Waals surface area contributed by atoms with Gasteiger partial charge < -0.3 is 5.11 Å². The maximum Gasteiger partial charge on any atom is 0.336 e. The number of halogens is 4. The zero-order valence-corrected chi connectivity index (χ0v) is 11.4. The van der Waals surface area contributed by atoms with Crippen molar-refractivity contribution < 1.29 is 14.3 Å². The number of carbonyl (C=O) groups is 1. The van der Waals surface area contributed by atoms with E-state index in [1.165, 1.54) is 12.1 Å². The molecule has 1 heterocycles. The van der Waals surface area contributed by atoms with Crippen LogP contribution < -0.4 is 0 Å². The van der Waals surface area contributed by atoms with Gasteiger partial charge in [-0.1, -0.05) is 34.8 Å². The summed E-state index contributed by atoms with van der Waals surface area (Å²) in [6, 6.07) is 4.00. The number of nitrogens with zero attached hydrogens (tertiary/aromatic N) is 1. The van der Waals surface area contributed by atoms with Gasteiger partial charge in [-0.05, 0) is 18.2 Å². The molecule has 0 amide bonds. The van der Waals surface area contributed by atoms with Crippen LogP contribution in [0.4, 0.5) is 4.39 Å². The van der Waals surface area contributed by atoms with E-state index < -0.39 is 11.9 Å². The number of carboxylic acid groups (broad SMARTS) is 1. The number of pyridine rings is 1. The Morgan fingerprint density at radius 3 is 2.37 bits per heavy atom. The van der Waals surface area contributed by atoms with E-state index in [-0.39, 0.29) is 31.8 Å². The standard InChI is InChI=1S/C12H5Cl3FNO2/c13-6-1-2-7(14)10(15)9(6)8-5(12(18)19)3-4-17-11(8)16/h1-4H,(H,18,19). The Morgan fingerprint density at radius 1 is 1.11 bits per heavy atom. The Labute approximate surface area is 122 Å². The minimum Gasteiger partial charge on any atom is -0.478 e. The Hall–Kier alpha value is -1.36. The third-order valence-electron chi connectivity index (χ3n) is 2.43. The highest BCUT2D eigenvalue weighted by Gasteiger charge is 2.22. The lowest BCUT2D eigenvalue weighted by atomic mass is 10.0. The quantitative estimate of drug-likeness (QED) is 0.652. The van der Waals surface area contributed by atoms with Gasteiger partial charge in [0.1, 0.15) is 0 Å². The van der Waals surface area contributed by atoms with Gasteiger partial charge in [0.25, 0.3) is 0 Å². The van der Waals surface area contributed by atoms with Crippen molar-refractivity contribution in [1.82, 2.24) is 4.98 Å². The lowest BCUT2D eigenvalue weighted by molar-refractivity contribution is 0.0697. The predicted octanol–water partition coefficient (Wildman–Crippen LogP) is 4.55. The molecule has 0 spiro atoms. The molecule has 0 aliphatic carbocycles. The Bertz CT molecular complexity index is 676. The SMILES string of the molecule is O=C(O)c1ccnc(F)c1-c1c(Cl)ccc(Cl)c1Cl. The van der Waals surface area contributed by atoms with Crippen molar-refractivity contribution in [2.45, 2.75) is 0 Å². The number of hydrogen-bond acceptors (Lipinski definition) is 2. The molecule has 0 atom stereocenters. The smallest absolute Gasteiger partial charge is 0.336 e. The van der Waals surface area contributed by atoms with Gasteiger partial charge in [-0.25, -0.2) is 9.78 Å². The van der Waals surface area contributed by atoms with Gasteiger partial charge in [-0.15, -0.1) is 0 Å². The fourth-order valence-electron chi connectivity index (χ4n) is 1.61. The molecule has 0 fully saturated rings. The molecular formula is C12H5Cl3FNO2. The first kappa shape index (κ1) is 14.1. The van der Waals surface area contributed by atoms with E-state index in [0.29, 0.717) is 0 Å². The number of aromatic nitrogens is 1. The molecule has 3 nitrogen and oxygen atoms in total. The maximum atomic E-state index is 13.9. The molecule has 98 valence electrons. The topological polar surface area (TPSA) is 50.2 Å². The molecule has 7 heteroatoms. The maximum absolute atomic E-state index is 13.9. The number of rotatable bonds is 2. The van der Waals surface area contributed by atoms with Crippen molar-refractivity contribution in [3.8, 4) is 11.1 Å². The van der Waals surface area contributed by atoms with Crippen LogP contribution in [0.2, 0.25) is 15.1 Å². The van der Waals surface area contributed by atoms with Crippen molar-refractivity contribution in [1.29, 1.82) is 0 Å². The van der Waals surface area contributed by atoms with E-state index in [1.807, 2.05) is 0 Å². The van der Waals surface area contributed by atoms with Crippen LogP contribution in [0.15, 0.2) is 24.4 Å². The van der Waals surface area contributed by atoms with Crippen molar-refractivity contribution >= 4 is 40.8 Å². The largest absolute Gasteiger partial charge is 0.478 e. The molecule has 0 aliphatic heterocycles. The molecule has 1 N–H and O–H groups in total. The lowest BCUT2D eigenvalue weighted by Crippen LogP contribution is -2.04. The summed E-state index contributed by atoms with van der Waals surface area (Å²) >= 11 is 17.8. The van der Waals surface area contributed by atoms with E-state index >= 15 is 0 Å². The molecule has 0 unspecified atom stereocenters. The first-order valence-electron chi connectivity index (χ1n) is 4.95. The predicted molar refractivity (Wildman–Crippen MR) is 71.6 cm³/mol. The molecule has 2 rings (SSSR count). The minimum atomic E-state index is -1.32. The summed E-state index contributed by atoms with van der Waals surface area (Å²) in [5.41, 5.74) is -0.565. The van der Waals surface area contributed by atoms with Gasteiger partial charge in [-0.2, -0.15) is 4.39 Å². The number of carboxylic acids is 1. The van der Waals surface area contributed by atoms with Crippen molar-refractivity contribution in [3.63, 3.8) is 0 Å². The van der Waals surface area contributed by atoms with Crippen LogP contribution in [0.5, 0.6) is 0 Å². The van der Waals surface area contributed by atoms with E-state index in [0.717, 1.165) is 12.3 Å². The van der Waals surface area contributed by atoms with Crippen LogP contribution in [0.1, 0.15) is 10.4 Å². The summed E-state index contributed by atoms with van der Waals surface area (Å²) in [5, 5.41) is 9.29. The Morgan fingerprint density at radius 2 is 1.74 bits per heavy atom. The van der Waals surface area contributed by atoms with Gasteiger partial charge in [0, 0.05) is 11.8 Å². The van der Waals surface area contributed by atoms with Gasteiger partial charge in [0.15, 0.2) is 0 Å². The van der Waals surface area contributed by atoms with E-state index in [1.54, 1.807) is 0 Å². The van der Waals surface area contributed by atoms with Crippen LogP contribution in [0, 0.1) is 5.95 Å². The van der Waals surface area contributed by atoms with Crippen molar-refractivity contribution in [2.75, 3.05) is 0 Å². The number of hydrogen-bond donors (Lipinski definition) is 1. The first-order valence-corrected chi connectivity index (χ1v) is 6.08. The highest BCUT2D eigenvalue weighted by atomic mass is 35.5. The first-order chi connectivity index (χ1) is 8.93. The summed E-state index contributed by atoms with van der Waals surface area (Å²) in [5.74, 6) is -2.30. The fourth-order valence-corrected chi connectivity index (χ4v) is 2.33. The normalized spacial score (nSPS) is 10.5. The second kappa shape index (κ2) is 5.33. The average molecular weight is 321 g/mol. The fraction of sp³-hybridized carbons (Fsp3) is 0. The number of benzene rings is 1. The molecule has 0 saturated heterocycles. The van der Waals surface area contributed by atoms with Crippen LogP contribution in [0.25, 0.3) is 11.1 Å². The summed E-state index contributed by atoms with van der Waals surface area (Å²) in [7, 11) is 0. The van der Waals surface area contributed by atoms with E-state index in [9.17, 15) is 9.18 Å². The van der Waals surface area contributed by atoms with Crippen LogP contribution in [-0.2, 0) is 0 Å². The summed E-state index contributed by atoms with van der Waals surface area (Å²) in [6.45, 7) is 0. The zero-order chi connectivity index (χ0) is 14.2. The summed E-state index contributed by atoms with van der Waals surface area (Å²) in [4.78, 5) is 14.6. The molecular weight excluding hydrogens is 315 g/mol. The third-order valence-corrected chi connectivity index (χ3v) is 3.55. The summed E-state index contributed by atoms with van der Waals surface area (Å²) in [6.07, 6.45) is 1.05. The Kier molecular flexibility index (Phi) is 3.94. The second-order valence-corrected chi connectivity index (χ2v) is 4.74. The van der Waals surface area contributed by atoms with Crippen molar-refractivity contribution in [2.24, 2.45) is 0 Å². The van der Waals surface area contributed by atoms with Gasteiger partial charge in [0.2, 0.25) is 5.95 Å². The van der Waals surface area contributed by atoms with Crippen LogP contribution in [-0.4, -0.2) is 16.1 Å². The molecule has 1 aromatic carbocycles. The zero-order valence-electron chi connectivity index (χ0n) is 9.12. The average Bonchev–Trinajstić information content (AvgIpc) is 2.36. The summed E-state index contributed by atoms with van der Waals surface area (Å²) < 4.78 is 13.9. The van der Waals surface area contributed by atoms with E-state index in [4.69, 9.17) is 39.9 Å². The molecule has 0 saturated carbocycles. The van der Waals surface area contributed by atoms with Crippen molar-refractivity contribution in [3.05, 3.63) is 51.0 Å². The van der Waals surface area contributed by atoms with Crippen LogP contribution in [0.3, 0.4) is 0 Å². The minimum absolute atomic E-state index is 0.0128. The number of aromatic carboxylic acids is 1. The second-order valence-electron chi connectivity index (χ2n) is 3.55. The van der Waals surface area contributed by atoms with Crippen LogP contribution >= 0.6 is 34.8 Å². The highest BCUT2D eigenvalue weighted by molar-refractivity contribution is 6.46. The molecule has 0 radical (unpaired) electrons. The molecule has 2 aromatic rings. The van der Waals surface area contributed by atoms with Gasteiger partial charge in [0.05, 0.1) is 26.2 Å². The lowest BCUT2D eigenvalue weighted by Gasteiger charge is -2.11. The molecule has 19 heavy (non-hydrogen) atoms. The Balaban J connectivity index is 2.87. The molecule has 0 aliphatic rings. The molecule has 0 bridgehead atoms. The molecule has 1 aromatic heterocycles. The third kappa shape index (κ3) is 2.52. The van der Waals surface area contributed by atoms with E-state index in [2.05, 4.69) is 4.98 Å². The monoisotopic (exact) mass is 319 g/mol. The highest BCUT2D eigenvalue weighted by Crippen LogP contribution is 2.41. The van der Waals surface area contributed by atoms with Gasteiger partial charge >= 0.3 is 5.97 Å². The van der Waals surface area contributed by atoms with Gasteiger partial charge in [-0.3, -0.25) is 0 Å².